The number of anilines is 1. The fourth-order valence-corrected chi connectivity index (χ4v) is 3.17. The number of aromatic nitrogens is 4. The van der Waals surface area contributed by atoms with E-state index in [1.807, 2.05) is 18.2 Å². The lowest BCUT2D eigenvalue weighted by Crippen LogP contribution is -2.14. The Morgan fingerprint density at radius 2 is 2.15 bits per heavy atom. The average Bonchev–Trinajstić information content (AvgIpc) is 3.35. The van der Waals surface area contributed by atoms with Crippen LogP contribution in [-0.2, 0) is 4.79 Å². The van der Waals surface area contributed by atoms with Crippen molar-refractivity contribution in [3.63, 3.8) is 0 Å². The Balaban J connectivity index is 1.42. The van der Waals surface area contributed by atoms with Crippen LogP contribution in [0.1, 0.15) is 0 Å². The molecule has 0 unspecified atom stereocenters. The summed E-state index contributed by atoms with van der Waals surface area (Å²) >= 11 is 1.23. The van der Waals surface area contributed by atoms with Crippen LogP contribution in [0, 0.1) is 0 Å². The number of carbonyl (C=O) groups is 1. The first kappa shape index (κ1) is 17.2. The van der Waals surface area contributed by atoms with E-state index in [9.17, 15) is 4.79 Å². The molecule has 1 aliphatic heterocycles. The minimum absolute atomic E-state index is 0.155. The third kappa shape index (κ3) is 3.80. The molecule has 4 rings (SSSR count). The number of tetrazole rings is 1. The van der Waals surface area contributed by atoms with Crippen LogP contribution in [0.4, 0.5) is 5.69 Å². The lowest BCUT2D eigenvalue weighted by molar-refractivity contribution is -0.113. The Morgan fingerprint density at radius 1 is 1.26 bits per heavy atom. The molecule has 1 aliphatic rings. The van der Waals surface area contributed by atoms with Gasteiger partial charge in [0, 0.05) is 17.8 Å². The standard InChI is InChI=1S/C17H15N5O4S/c1-24-13-4-2-3-11(7-13)18-16(23)9-27-17-19-20-21-22(17)12-5-6-14-15(8-12)26-10-25-14/h2-8H,9-10H2,1H3,(H,18,23). The number of methoxy groups -OCH3 is 1. The molecule has 0 saturated heterocycles. The van der Waals surface area contributed by atoms with Gasteiger partial charge < -0.3 is 19.5 Å². The highest BCUT2D eigenvalue weighted by Crippen LogP contribution is 2.34. The van der Waals surface area contributed by atoms with Gasteiger partial charge in [0.25, 0.3) is 0 Å². The van der Waals surface area contributed by atoms with Crippen LogP contribution in [0.3, 0.4) is 0 Å². The number of nitrogens with zero attached hydrogens (tertiary/aromatic N) is 4. The summed E-state index contributed by atoms with van der Waals surface area (Å²) in [6, 6.07) is 12.6. The number of carbonyl (C=O) groups excluding carboxylic acids is 1. The zero-order valence-corrected chi connectivity index (χ0v) is 15.1. The van der Waals surface area contributed by atoms with Gasteiger partial charge in [-0.05, 0) is 34.7 Å². The fourth-order valence-electron chi connectivity index (χ4n) is 2.48. The molecule has 0 radical (unpaired) electrons. The van der Waals surface area contributed by atoms with Gasteiger partial charge in [-0.2, -0.15) is 4.68 Å². The smallest absolute Gasteiger partial charge is 0.234 e. The lowest BCUT2D eigenvalue weighted by atomic mass is 10.3. The zero-order valence-electron chi connectivity index (χ0n) is 14.3. The van der Waals surface area contributed by atoms with Gasteiger partial charge in [0.05, 0.1) is 18.6 Å². The molecule has 1 amide bonds. The van der Waals surface area contributed by atoms with Crippen molar-refractivity contribution < 1.29 is 19.0 Å². The molecule has 0 fully saturated rings. The summed E-state index contributed by atoms with van der Waals surface area (Å²) in [5.41, 5.74) is 1.38. The molecule has 0 bridgehead atoms. The van der Waals surface area contributed by atoms with Crippen molar-refractivity contribution in [2.24, 2.45) is 0 Å². The SMILES string of the molecule is COc1cccc(NC(=O)CSc2nnnn2-c2ccc3c(c2)OCO3)c1. The van der Waals surface area contributed by atoms with Crippen LogP contribution in [-0.4, -0.2) is 45.8 Å². The predicted octanol–water partition coefficient (Wildman–Crippen LogP) is 2.13. The summed E-state index contributed by atoms with van der Waals surface area (Å²) in [4.78, 5) is 12.2. The van der Waals surface area contributed by atoms with Gasteiger partial charge in [0.15, 0.2) is 11.5 Å². The first-order valence-corrected chi connectivity index (χ1v) is 8.96. The van der Waals surface area contributed by atoms with Crippen molar-refractivity contribution in [3.8, 4) is 22.9 Å². The van der Waals surface area contributed by atoms with Gasteiger partial charge in [0.2, 0.25) is 17.9 Å². The van der Waals surface area contributed by atoms with E-state index in [2.05, 4.69) is 20.8 Å². The number of fused-ring (bicyclic) bond motifs is 1. The Hall–Kier alpha value is -3.27. The third-order valence-corrected chi connectivity index (χ3v) is 4.65. The van der Waals surface area contributed by atoms with Crippen LogP contribution in [0.25, 0.3) is 5.69 Å². The van der Waals surface area contributed by atoms with Gasteiger partial charge in [-0.1, -0.05) is 17.8 Å². The molecule has 9 nitrogen and oxygen atoms in total. The highest BCUT2D eigenvalue weighted by molar-refractivity contribution is 7.99. The van der Waals surface area contributed by atoms with E-state index in [1.54, 1.807) is 36.1 Å². The molecule has 1 N–H and O–H groups in total. The molecule has 138 valence electrons. The fraction of sp³-hybridized carbons (Fsp3) is 0.176. The monoisotopic (exact) mass is 385 g/mol. The molecule has 10 heteroatoms. The van der Waals surface area contributed by atoms with Gasteiger partial charge in [-0.3, -0.25) is 4.79 Å². The molecule has 2 aromatic carbocycles. The number of benzene rings is 2. The van der Waals surface area contributed by atoms with Crippen LogP contribution < -0.4 is 19.5 Å². The molecular formula is C17H15N5O4S. The summed E-state index contributed by atoms with van der Waals surface area (Å²) < 4.78 is 17.4. The van der Waals surface area contributed by atoms with Gasteiger partial charge in [-0.25, -0.2) is 0 Å². The Morgan fingerprint density at radius 3 is 3.04 bits per heavy atom. The van der Waals surface area contributed by atoms with Crippen LogP contribution in [0.15, 0.2) is 47.6 Å². The van der Waals surface area contributed by atoms with Gasteiger partial charge in [-0.15, -0.1) is 5.10 Å². The highest BCUT2D eigenvalue weighted by Gasteiger charge is 2.17. The number of hydrogen-bond acceptors (Lipinski definition) is 8. The molecule has 2 heterocycles. The first-order chi connectivity index (χ1) is 13.2. The summed E-state index contributed by atoms with van der Waals surface area (Å²) in [5.74, 6) is 1.97. The van der Waals surface area contributed by atoms with E-state index in [1.165, 1.54) is 11.8 Å². The summed E-state index contributed by atoms with van der Waals surface area (Å²) in [6.45, 7) is 0.195. The molecule has 0 atom stereocenters. The van der Waals surface area contributed by atoms with E-state index in [4.69, 9.17) is 14.2 Å². The summed E-state index contributed by atoms with van der Waals surface area (Å²) in [6.07, 6.45) is 0. The topological polar surface area (TPSA) is 100 Å². The second kappa shape index (κ2) is 7.54. The Labute approximate surface area is 158 Å². The average molecular weight is 385 g/mol. The molecule has 0 spiro atoms. The molecule has 3 aromatic rings. The number of amides is 1. The van der Waals surface area contributed by atoms with Gasteiger partial charge >= 0.3 is 0 Å². The predicted molar refractivity (Wildman–Crippen MR) is 97.6 cm³/mol. The maximum Gasteiger partial charge on any atom is 0.234 e. The van der Waals surface area contributed by atoms with Crippen molar-refractivity contribution in [2.45, 2.75) is 5.16 Å². The maximum absolute atomic E-state index is 12.2. The first-order valence-electron chi connectivity index (χ1n) is 7.98. The van der Waals surface area contributed by atoms with Crippen molar-refractivity contribution in [3.05, 3.63) is 42.5 Å². The minimum atomic E-state index is -0.173. The third-order valence-electron chi connectivity index (χ3n) is 3.73. The van der Waals surface area contributed by atoms with E-state index in [0.717, 1.165) is 5.69 Å². The van der Waals surface area contributed by atoms with Gasteiger partial charge in [0.1, 0.15) is 5.75 Å². The van der Waals surface area contributed by atoms with E-state index < -0.39 is 0 Å². The van der Waals surface area contributed by atoms with E-state index >= 15 is 0 Å². The van der Waals surface area contributed by atoms with Crippen molar-refractivity contribution >= 4 is 23.4 Å². The quantitative estimate of drug-likeness (QED) is 0.644. The van der Waals surface area contributed by atoms with Crippen molar-refractivity contribution in [2.75, 3.05) is 25.0 Å². The van der Waals surface area contributed by atoms with Crippen molar-refractivity contribution in [1.29, 1.82) is 0 Å². The molecule has 0 saturated carbocycles. The minimum Gasteiger partial charge on any atom is -0.497 e. The maximum atomic E-state index is 12.2. The summed E-state index contributed by atoms with van der Waals surface area (Å²) in [5, 5.41) is 15.0. The Bertz CT molecular complexity index is 977. The second-order valence-electron chi connectivity index (χ2n) is 5.48. The number of thioether (sulfide) groups is 1. The molecule has 1 aromatic heterocycles. The van der Waals surface area contributed by atoms with Crippen LogP contribution in [0.2, 0.25) is 0 Å². The number of nitrogens with one attached hydrogen (secondary N) is 1. The second-order valence-corrected chi connectivity index (χ2v) is 6.42. The number of rotatable bonds is 6. The zero-order chi connectivity index (χ0) is 18.6. The largest absolute Gasteiger partial charge is 0.497 e. The number of hydrogen-bond donors (Lipinski definition) is 1. The normalized spacial score (nSPS) is 12.0. The van der Waals surface area contributed by atoms with Crippen molar-refractivity contribution in [1.82, 2.24) is 20.2 Å². The molecule has 27 heavy (non-hydrogen) atoms. The summed E-state index contributed by atoms with van der Waals surface area (Å²) in [7, 11) is 1.58. The molecule has 0 aliphatic carbocycles. The van der Waals surface area contributed by atoms with Crippen LogP contribution >= 0.6 is 11.8 Å². The van der Waals surface area contributed by atoms with E-state index in [0.29, 0.717) is 28.1 Å². The lowest BCUT2D eigenvalue weighted by Gasteiger charge is -2.07. The highest BCUT2D eigenvalue weighted by atomic mass is 32.2. The Kier molecular flexibility index (Phi) is 4.79. The van der Waals surface area contributed by atoms with Crippen LogP contribution in [0.5, 0.6) is 17.2 Å². The number of ether oxygens (including phenoxy) is 3. The van der Waals surface area contributed by atoms with E-state index in [-0.39, 0.29) is 18.5 Å². The molecular weight excluding hydrogens is 370 g/mol.